The molecule has 102 valence electrons. The van der Waals surface area contributed by atoms with Gasteiger partial charge in [0, 0.05) is 28.0 Å². The number of hydrogen-bond acceptors (Lipinski definition) is 4. The second-order valence-electron chi connectivity index (χ2n) is 4.45. The number of aldehydes is 1. The summed E-state index contributed by atoms with van der Waals surface area (Å²) in [7, 11) is 1.95. The average molecular weight is 350 g/mol. The number of rotatable bonds is 4. The third-order valence-corrected chi connectivity index (χ3v) is 4.72. The molecule has 0 atom stereocenters. The zero-order chi connectivity index (χ0) is 14.1. The summed E-state index contributed by atoms with van der Waals surface area (Å²) in [6, 6.07) is 7.78. The van der Waals surface area contributed by atoms with Crippen molar-refractivity contribution >= 4 is 45.0 Å². The van der Waals surface area contributed by atoms with E-state index in [2.05, 4.69) is 27.0 Å². The number of anilines is 1. The highest BCUT2D eigenvalue weighted by molar-refractivity contribution is 9.10. The number of halogens is 1. The summed E-state index contributed by atoms with van der Waals surface area (Å²) < 4.78 is 2.89. The Morgan fingerprint density at radius 1 is 1.50 bits per heavy atom. The highest BCUT2D eigenvalue weighted by atomic mass is 79.9. The van der Waals surface area contributed by atoms with Crippen molar-refractivity contribution < 1.29 is 4.79 Å². The zero-order valence-electron chi connectivity index (χ0n) is 10.8. The topological polar surface area (TPSA) is 37.6 Å². The van der Waals surface area contributed by atoms with Gasteiger partial charge in [-0.1, -0.05) is 6.07 Å². The van der Waals surface area contributed by atoms with Gasteiger partial charge in [-0.05, 0) is 34.1 Å². The normalized spacial score (nSPS) is 10.9. The van der Waals surface area contributed by atoms with E-state index in [4.69, 9.17) is 0 Å². The van der Waals surface area contributed by atoms with Gasteiger partial charge in [-0.2, -0.15) is 0 Å². The fraction of sp³-hybridized carbons (Fsp3) is 0.143. The monoisotopic (exact) mass is 349 g/mol. The molecule has 0 aliphatic heterocycles. The molecule has 0 radical (unpaired) electrons. The first-order valence-corrected chi connectivity index (χ1v) is 7.72. The quantitative estimate of drug-likeness (QED) is 0.675. The van der Waals surface area contributed by atoms with Gasteiger partial charge < -0.3 is 4.90 Å². The van der Waals surface area contributed by atoms with Gasteiger partial charge >= 0.3 is 0 Å². The van der Waals surface area contributed by atoms with Crippen molar-refractivity contribution in [3.8, 4) is 0 Å². The summed E-state index contributed by atoms with van der Waals surface area (Å²) in [5, 5.41) is 2.05. The van der Waals surface area contributed by atoms with Crippen LogP contribution >= 0.6 is 27.3 Å². The van der Waals surface area contributed by atoms with Crippen LogP contribution in [0.5, 0.6) is 0 Å². The second-order valence-corrected chi connectivity index (χ2v) is 6.37. The lowest BCUT2D eigenvalue weighted by Gasteiger charge is -2.15. The minimum Gasteiger partial charge on any atom is -0.353 e. The number of nitrogens with zero attached hydrogens (tertiary/aromatic N) is 3. The summed E-state index contributed by atoms with van der Waals surface area (Å²) in [6.07, 6.45) is 2.71. The van der Waals surface area contributed by atoms with Gasteiger partial charge in [0.2, 0.25) is 0 Å². The third kappa shape index (κ3) is 2.36. The van der Waals surface area contributed by atoms with Crippen molar-refractivity contribution in [1.82, 2.24) is 9.38 Å². The molecule has 0 saturated carbocycles. The van der Waals surface area contributed by atoms with E-state index in [1.807, 2.05) is 46.1 Å². The molecule has 4 nitrogen and oxygen atoms in total. The molecule has 0 N–H and O–H groups in total. The van der Waals surface area contributed by atoms with Crippen LogP contribution in [0.3, 0.4) is 0 Å². The minimum atomic E-state index is 0.582. The molecule has 0 spiro atoms. The Morgan fingerprint density at radius 3 is 3.05 bits per heavy atom. The number of pyridine rings is 1. The Morgan fingerprint density at radius 2 is 2.35 bits per heavy atom. The van der Waals surface area contributed by atoms with Gasteiger partial charge in [-0.3, -0.25) is 9.20 Å². The molecule has 0 unspecified atom stereocenters. The van der Waals surface area contributed by atoms with Crippen LogP contribution in [0, 0.1) is 0 Å². The molecule has 6 heteroatoms. The maximum atomic E-state index is 11.4. The number of aromatic nitrogens is 2. The smallest absolute Gasteiger partial charge is 0.170 e. The van der Waals surface area contributed by atoms with Crippen molar-refractivity contribution in [3.05, 3.63) is 50.9 Å². The number of carbonyl (C=O) groups is 1. The van der Waals surface area contributed by atoms with E-state index < -0.39 is 0 Å². The summed E-state index contributed by atoms with van der Waals surface area (Å²) in [4.78, 5) is 19.1. The predicted octanol–water partition coefficient (Wildman–Crippen LogP) is 3.61. The van der Waals surface area contributed by atoms with Gasteiger partial charge in [-0.15, -0.1) is 11.3 Å². The highest BCUT2D eigenvalue weighted by Gasteiger charge is 2.15. The lowest BCUT2D eigenvalue weighted by molar-refractivity contribution is 0.111. The predicted molar refractivity (Wildman–Crippen MR) is 84.7 cm³/mol. The van der Waals surface area contributed by atoms with Crippen molar-refractivity contribution in [1.29, 1.82) is 0 Å². The number of carbonyl (C=O) groups excluding carboxylic acids is 1. The Hall–Kier alpha value is -1.66. The SMILES string of the molecule is CN(Cc1cc(Br)cs1)c1nc2ccccn2c1C=O. The van der Waals surface area contributed by atoms with Crippen LogP contribution in [0.2, 0.25) is 0 Å². The van der Waals surface area contributed by atoms with E-state index in [9.17, 15) is 4.79 Å². The largest absolute Gasteiger partial charge is 0.353 e. The van der Waals surface area contributed by atoms with Crippen LogP contribution in [0.4, 0.5) is 5.82 Å². The molecule has 0 saturated heterocycles. The molecule has 20 heavy (non-hydrogen) atoms. The first-order chi connectivity index (χ1) is 9.69. The number of thiophene rings is 1. The van der Waals surface area contributed by atoms with E-state index in [0.29, 0.717) is 11.5 Å². The van der Waals surface area contributed by atoms with Crippen molar-refractivity contribution in [3.63, 3.8) is 0 Å². The van der Waals surface area contributed by atoms with Crippen molar-refractivity contribution in [2.75, 3.05) is 11.9 Å². The summed E-state index contributed by atoms with van der Waals surface area (Å²) in [5.41, 5.74) is 1.36. The van der Waals surface area contributed by atoms with Crippen LogP contribution in [-0.4, -0.2) is 22.7 Å². The standard InChI is InChI=1S/C14H12BrN3OS/c1-17(7-11-6-10(15)9-20-11)14-12(8-19)18-5-3-2-4-13(18)16-14/h2-6,8-9H,7H2,1H3. The Kier molecular flexibility index (Phi) is 3.58. The number of imidazole rings is 1. The maximum absolute atomic E-state index is 11.4. The maximum Gasteiger partial charge on any atom is 0.170 e. The van der Waals surface area contributed by atoms with Gasteiger partial charge in [0.1, 0.15) is 11.3 Å². The molecule has 0 bridgehead atoms. The van der Waals surface area contributed by atoms with Crippen LogP contribution in [0.25, 0.3) is 5.65 Å². The molecule has 0 aromatic carbocycles. The molecule has 0 aliphatic carbocycles. The van der Waals surface area contributed by atoms with Crippen LogP contribution in [-0.2, 0) is 6.54 Å². The van der Waals surface area contributed by atoms with Crippen molar-refractivity contribution in [2.24, 2.45) is 0 Å². The molecular weight excluding hydrogens is 338 g/mol. The highest BCUT2D eigenvalue weighted by Crippen LogP contribution is 2.25. The summed E-state index contributed by atoms with van der Waals surface area (Å²) in [6.45, 7) is 0.723. The fourth-order valence-corrected chi connectivity index (χ4v) is 3.64. The van der Waals surface area contributed by atoms with Gasteiger partial charge in [0.25, 0.3) is 0 Å². The minimum absolute atomic E-state index is 0.582. The lowest BCUT2D eigenvalue weighted by Crippen LogP contribution is -2.17. The Labute approximate surface area is 128 Å². The summed E-state index contributed by atoms with van der Waals surface area (Å²) in [5.74, 6) is 0.704. The van der Waals surface area contributed by atoms with Gasteiger partial charge in [0.15, 0.2) is 12.1 Å². The lowest BCUT2D eigenvalue weighted by atomic mass is 10.4. The van der Waals surface area contributed by atoms with E-state index in [0.717, 1.165) is 23.0 Å². The third-order valence-electron chi connectivity index (χ3n) is 3.04. The molecule has 3 aromatic rings. The molecular formula is C14H12BrN3OS. The Bertz CT molecular complexity index is 765. The molecule has 0 amide bonds. The van der Waals surface area contributed by atoms with E-state index in [-0.39, 0.29) is 0 Å². The van der Waals surface area contributed by atoms with Crippen molar-refractivity contribution in [2.45, 2.75) is 6.54 Å². The average Bonchev–Trinajstić information content (AvgIpc) is 3.01. The molecule has 3 rings (SSSR count). The van der Waals surface area contributed by atoms with Crippen LogP contribution < -0.4 is 4.90 Å². The molecule has 3 aromatic heterocycles. The second kappa shape index (κ2) is 5.38. The van der Waals surface area contributed by atoms with E-state index in [1.54, 1.807) is 11.3 Å². The van der Waals surface area contributed by atoms with E-state index >= 15 is 0 Å². The fourth-order valence-electron chi connectivity index (χ4n) is 2.14. The molecule has 0 fully saturated rings. The number of hydrogen-bond donors (Lipinski definition) is 0. The first kappa shape index (κ1) is 13.3. The van der Waals surface area contributed by atoms with Gasteiger partial charge in [-0.25, -0.2) is 4.98 Å². The van der Waals surface area contributed by atoms with Crippen LogP contribution in [0.1, 0.15) is 15.4 Å². The van der Waals surface area contributed by atoms with Crippen LogP contribution in [0.15, 0.2) is 40.3 Å². The van der Waals surface area contributed by atoms with Gasteiger partial charge in [0.05, 0.1) is 6.54 Å². The van der Waals surface area contributed by atoms with E-state index in [1.165, 1.54) is 4.88 Å². The zero-order valence-corrected chi connectivity index (χ0v) is 13.2. The number of fused-ring (bicyclic) bond motifs is 1. The molecule has 3 heterocycles. The Balaban J connectivity index is 1.98. The first-order valence-electron chi connectivity index (χ1n) is 6.05. The molecule has 0 aliphatic rings. The summed E-state index contributed by atoms with van der Waals surface area (Å²) >= 11 is 5.13.